The molecule has 120 valence electrons. The van der Waals surface area contributed by atoms with Crippen molar-refractivity contribution in [2.45, 2.75) is 59.1 Å². The van der Waals surface area contributed by atoms with E-state index in [1.54, 1.807) is 7.11 Å². The van der Waals surface area contributed by atoms with E-state index in [1.165, 1.54) is 0 Å². The van der Waals surface area contributed by atoms with Gasteiger partial charge in [-0.2, -0.15) is 0 Å². The van der Waals surface area contributed by atoms with Gasteiger partial charge in [-0.25, -0.2) is 4.98 Å². The second-order valence-electron chi connectivity index (χ2n) is 6.57. The second-order valence-corrected chi connectivity index (χ2v) is 6.57. The van der Waals surface area contributed by atoms with Crippen molar-refractivity contribution < 1.29 is 9.84 Å². The van der Waals surface area contributed by atoms with Gasteiger partial charge in [0.25, 0.3) is 0 Å². The summed E-state index contributed by atoms with van der Waals surface area (Å²) in [6.45, 7) is 12.3. The molecular weight excluding hydrogens is 264 g/mol. The highest BCUT2D eigenvalue weighted by Crippen LogP contribution is 2.26. The van der Waals surface area contributed by atoms with Gasteiger partial charge in [-0.05, 0) is 31.0 Å². The maximum Gasteiger partial charge on any atom is 0.129 e. The molecule has 4 nitrogen and oxygen atoms in total. The largest absolute Gasteiger partial charge is 0.392 e. The molecule has 21 heavy (non-hydrogen) atoms. The molecule has 1 aromatic rings. The van der Waals surface area contributed by atoms with Crippen molar-refractivity contribution in [2.24, 2.45) is 0 Å². The molecule has 1 atom stereocenters. The number of hydrogen-bond acceptors (Lipinski definition) is 4. The first-order valence-electron chi connectivity index (χ1n) is 7.71. The number of methoxy groups -OCH3 is 1. The fraction of sp³-hybridized carbons (Fsp3) is 0.706. The summed E-state index contributed by atoms with van der Waals surface area (Å²) < 4.78 is 5.22. The molecule has 0 radical (unpaired) electrons. The van der Waals surface area contributed by atoms with E-state index in [-0.39, 0.29) is 12.0 Å². The smallest absolute Gasteiger partial charge is 0.129 e. The summed E-state index contributed by atoms with van der Waals surface area (Å²) >= 11 is 0. The minimum Gasteiger partial charge on any atom is -0.392 e. The number of nitrogens with zero attached hydrogens (tertiary/aromatic N) is 2. The number of pyridine rings is 1. The topological polar surface area (TPSA) is 45.6 Å². The van der Waals surface area contributed by atoms with E-state index in [2.05, 4.69) is 39.5 Å². The Morgan fingerprint density at radius 3 is 2.48 bits per heavy atom. The lowest BCUT2D eigenvalue weighted by Crippen LogP contribution is -2.36. The molecule has 0 fully saturated rings. The lowest BCUT2D eigenvalue weighted by molar-refractivity contribution is 0.203. The zero-order valence-electron chi connectivity index (χ0n) is 14.3. The van der Waals surface area contributed by atoms with Crippen LogP contribution in [-0.4, -0.2) is 36.4 Å². The lowest BCUT2D eigenvalue weighted by Gasteiger charge is -2.31. The predicted molar refractivity (Wildman–Crippen MR) is 87.8 cm³/mol. The van der Waals surface area contributed by atoms with E-state index in [4.69, 9.17) is 9.72 Å². The highest BCUT2D eigenvalue weighted by atomic mass is 16.5. The molecule has 0 aliphatic rings. The van der Waals surface area contributed by atoms with E-state index < -0.39 is 0 Å². The first kappa shape index (κ1) is 17.9. The van der Waals surface area contributed by atoms with Crippen molar-refractivity contribution in [3.05, 3.63) is 23.4 Å². The Labute approximate surface area is 129 Å². The molecule has 0 bridgehead atoms. The molecule has 0 aromatic carbocycles. The number of aliphatic hydroxyl groups excluding tert-OH is 1. The first-order valence-corrected chi connectivity index (χ1v) is 7.71. The second kappa shape index (κ2) is 7.76. The van der Waals surface area contributed by atoms with E-state index >= 15 is 0 Å². The molecule has 0 aliphatic heterocycles. The van der Waals surface area contributed by atoms with Gasteiger partial charge in [-0.15, -0.1) is 0 Å². The minimum absolute atomic E-state index is 0.0389. The summed E-state index contributed by atoms with van der Waals surface area (Å²) in [7, 11) is 1.72. The minimum atomic E-state index is -0.0394. The van der Waals surface area contributed by atoms with E-state index in [9.17, 15) is 5.11 Å². The van der Waals surface area contributed by atoms with Crippen LogP contribution in [0.5, 0.6) is 0 Å². The van der Waals surface area contributed by atoms with Crippen LogP contribution in [0.4, 0.5) is 5.82 Å². The summed E-state index contributed by atoms with van der Waals surface area (Å²) in [5.74, 6) is 0.929. The Morgan fingerprint density at radius 2 is 2.00 bits per heavy atom. The van der Waals surface area contributed by atoms with Crippen LogP contribution < -0.4 is 4.90 Å². The standard InChI is InChI=1S/C17H30N2O2/c1-7-13(2)19(8-9-21-6)16-11-14(12-20)10-15(18-16)17(3,4)5/h10-11,13,20H,7-9,12H2,1-6H3. The van der Waals surface area contributed by atoms with Crippen LogP contribution in [0.2, 0.25) is 0 Å². The van der Waals surface area contributed by atoms with E-state index in [0.717, 1.165) is 30.0 Å². The molecule has 1 aromatic heterocycles. The van der Waals surface area contributed by atoms with Gasteiger partial charge >= 0.3 is 0 Å². The van der Waals surface area contributed by atoms with Crippen molar-refractivity contribution in [2.75, 3.05) is 25.2 Å². The van der Waals surface area contributed by atoms with Crippen molar-refractivity contribution in [3.8, 4) is 0 Å². The highest BCUT2D eigenvalue weighted by Gasteiger charge is 2.20. The average Bonchev–Trinajstić information content (AvgIpc) is 2.46. The fourth-order valence-corrected chi connectivity index (χ4v) is 2.16. The van der Waals surface area contributed by atoms with Crippen LogP contribution in [0.1, 0.15) is 52.3 Å². The summed E-state index contributed by atoms with van der Waals surface area (Å²) in [5, 5.41) is 9.53. The van der Waals surface area contributed by atoms with Gasteiger partial charge in [0.15, 0.2) is 0 Å². The van der Waals surface area contributed by atoms with Crippen LogP contribution in [0.15, 0.2) is 12.1 Å². The van der Waals surface area contributed by atoms with Gasteiger partial charge in [0, 0.05) is 30.8 Å². The van der Waals surface area contributed by atoms with Crippen LogP contribution >= 0.6 is 0 Å². The SMILES string of the molecule is CCC(C)N(CCOC)c1cc(CO)cc(C(C)(C)C)n1. The van der Waals surface area contributed by atoms with E-state index in [0.29, 0.717) is 12.6 Å². The quantitative estimate of drug-likeness (QED) is 0.839. The van der Waals surface area contributed by atoms with Gasteiger partial charge in [0.2, 0.25) is 0 Å². The molecule has 1 N–H and O–H groups in total. The molecule has 1 unspecified atom stereocenters. The van der Waals surface area contributed by atoms with Crippen LogP contribution in [0, 0.1) is 0 Å². The Balaban J connectivity index is 3.22. The molecule has 0 aliphatic carbocycles. The Bertz CT molecular complexity index is 441. The number of aliphatic hydroxyl groups is 1. The third-order valence-electron chi connectivity index (χ3n) is 3.78. The molecule has 1 rings (SSSR count). The monoisotopic (exact) mass is 294 g/mol. The molecule has 0 spiro atoms. The van der Waals surface area contributed by atoms with Gasteiger partial charge in [0.1, 0.15) is 5.82 Å². The molecule has 1 heterocycles. The number of hydrogen-bond donors (Lipinski definition) is 1. The molecular formula is C17H30N2O2. The van der Waals surface area contributed by atoms with Crippen molar-refractivity contribution >= 4 is 5.82 Å². The summed E-state index contributed by atoms with van der Waals surface area (Å²) in [6, 6.07) is 4.36. The maximum atomic E-state index is 9.53. The summed E-state index contributed by atoms with van der Waals surface area (Å²) in [5.41, 5.74) is 1.88. The number of anilines is 1. The third-order valence-corrected chi connectivity index (χ3v) is 3.78. The Morgan fingerprint density at radius 1 is 1.33 bits per heavy atom. The van der Waals surface area contributed by atoms with Crippen molar-refractivity contribution in [3.63, 3.8) is 0 Å². The molecule has 0 amide bonds. The molecule has 0 saturated carbocycles. The predicted octanol–water partition coefficient (Wildman–Crippen LogP) is 3.12. The first-order chi connectivity index (χ1) is 9.83. The molecule has 4 heteroatoms. The van der Waals surface area contributed by atoms with Crippen molar-refractivity contribution in [1.82, 2.24) is 4.98 Å². The van der Waals surface area contributed by atoms with Crippen LogP contribution in [0.25, 0.3) is 0 Å². The van der Waals surface area contributed by atoms with E-state index in [1.807, 2.05) is 12.1 Å². The fourth-order valence-electron chi connectivity index (χ4n) is 2.16. The summed E-state index contributed by atoms with van der Waals surface area (Å²) in [4.78, 5) is 7.10. The normalized spacial score (nSPS) is 13.3. The van der Waals surface area contributed by atoms with Crippen molar-refractivity contribution in [1.29, 1.82) is 0 Å². The number of aromatic nitrogens is 1. The molecule has 0 saturated heterocycles. The Hall–Kier alpha value is -1.13. The number of rotatable bonds is 7. The lowest BCUT2D eigenvalue weighted by atomic mass is 9.90. The highest BCUT2D eigenvalue weighted by molar-refractivity contribution is 5.44. The third kappa shape index (κ3) is 4.97. The number of ether oxygens (including phenoxy) is 1. The van der Waals surface area contributed by atoms with Gasteiger partial charge in [-0.3, -0.25) is 0 Å². The van der Waals surface area contributed by atoms with Crippen LogP contribution in [0.3, 0.4) is 0 Å². The zero-order chi connectivity index (χ0) is 16.0. The van der Waals surface area contributed by atoms with Gasteiger partial charge in [0.05, 0.1) is 13.2 Å². The van der Waals surface area contributed by atoms with Crippen LogP contribution in [-0.2, 0) is 16.8 Å². The maximum absolute atomic E-state index is 9.53. The van der Waals surface area contributed by atoms with Gasteiger partial charge < -0.3 is 14.7 Å². The summed E-state index contributed by atoms with van der Waals surface area (Å²) in [6.07, 6.45) is 1.04. The average molecular weight is 294 g/mol. The zero-order valence-corrected chi connectivity index (χ0v) is 14.3. The van der Waals surface area contributed by atoms with Gasteiger partial charge in [-0.1, -0.05) is 27.7 Å². The Kier molecular flexibility index (Phi) is 6.62.